The van der Waals surface area contributed by atoms with E-state index in [2.05, 4.69) is 10.2 Å². The Hall–Kier alpha value is -0.200. The maximum atomic E-state index is 8.53. The number of ether oxygens (including phenoxy) is 2. The summed E-state index contributed by atoms with van der Waals surface area (Å²) in [6.07, 6.45) is 1.11. The molecule has 1 heterocycles. The molecule has 0 bridgehead atoms. The molecule has 14 heavy (non-hydrogen) atoms. The van der Waals surface area contributed by atoms with E-state index in [1.807, 2.05) is 0 Å². The second-order valence-corrected chi connectivity index (χ2v) is 3.30. The molecular weight excluding hydrogens is 184 g/mol. The summed E-state index contributed by atoms with van der Waals surface area (Å²) in [5, 5.41) is 11.8. The standard InChI is InChI=1S/C9H20N2O3/c12-9-14-8-11-4-1-2-10-3-6-13-7-5-11/h10,12H,1-9H2. The van der Waals surface area contributed by atoms with Crippen molar-refractivity contribution >= 4 is 0 Å². The predicted molar refractivity (Wildman–Crippen MR) is 52.9 cm³/mol. The fourth-order valence-corrected chi connectivity index (χ4v) is 1.40. The third-order valence-corrected chi connectivity index (χ3v) is 2.17. The van der Waals surface area contributed by atoms with Crippen LogP contribution in [0.1, 0.15) is 6.42 Å². The van der Waals surface area contributed by atoms with Gasteiger partial charge in [-0.3, -0.25) is 4.90 Å². The topological polar surface area (TPSA) is 54.0 Å². The second kappa shape index (κ2) is 8.14. The zero-order valence-corrected chi connectivity index (χ0v) is 8.57. The Morgan fingerprint density at radius 2 is 2.21 bits per heavy atom. The summed E-state index contributed by atoms with van der Waals surface area (Å²) in [6.45, 7) is 5.59. The lowest BCUT2D eigenvalue weighted by Crippen LogP contribution is -2.35. The van der Waals surface area contributed by atoms with E-state index in [-0.39, 0.29) is 6.79 Å². The number of nitrogens with one attached hydrogen (secondary N) is 1. The minimum atomic E-state index is -0.213. The molecule has 5 heteroatoms. The minimum Gasteiger partial charge on any atom is -0.379 e. The van der Waals surface area contributed by atoms with Crippen LogP contribution in [0, 0.1) is 0 Å². The molecule has 1 saturated heterocycles. The third-order valence-electron chi connectivity index (χ3n) is 2.17. The van der Waals surface area contributed by atoms with Gasteiger partial charge in [0.15, 0.2) is 0 Å². The quantitative estimate of drug-likeness (QED) is 0.591. The summed E-state index contributed by atoms with van der Waals surface area (Å²) in [4.78, 5) is 2.14. The number of rotatable bonds is 3. The Kier molecular flexibility index (Phi) is 6.90. The van der Waals surface area contributed by atoms with Gasteiger partial charge >= 0.3 is 0 Å². The number of aliphatic hydroxyl groups is 1. The van der Waals surface area contributed by atoms with E-state index in [4.69, 9.17) is 14.6 Å². The van der Waals surface area contributed by atoms with Gasteiger partial charge in [0.1, 0.15) is 13.5 Å². The van der Waals surface area contributed by atoms with E-state index in [1.54, 1.807) is 0 Å². The number of aliphatic hydroxyl groups excluding tert-OH is 1. The number of nitrogens with zero attached hydrogens (tertiary/aromatic N) is 1. The van der Waals surface area contributed by atoms with Crippen LogP contribution in [0.4, 0.5) is 0 Å². The Balaban J connectivity index is 2.16. The lowest BCUT2D eigenvalue weighted by molar-refractivity contribution is -0.0605. The zero-order valence-electron chi connectivity index (χ0n) is 8.57. The molecule has 0 aromatic carbocycles. The molecule has 1 aliphatic rings. The zero-order chi connectivity index (χ0) is 10.1. The van der Waals surface area contributed by atoms with Gasteiger partial charge in [-0.25, -0.2) is 0 Å². The number of hydrogen-bond acceptors (Lipinski definition) is 5. The van der Waals surface area contributed by atoms with E-state index in [1.165, 1.54) is 0 Å². The summed E-state index contributed by atoms with van der Waals surface area (Å²) in [5.41, 5.74) is 0. The van der Waals surface area contributed by atoms with Crippen molar-refractivity contribution in [2.24, 2.45) is 0 Å². The molecular formula is C9H20N2O3. The molecule has 0 aliphatic carbocycles. The van der Waals surface area contributed by atoms with Gasteiger partial charge in [-0.2, -0.15) is 0 Å². The van der Waals surface area contributed by atoms with Gasteiger partial charge in [0.05, 0.1) is 13.2 Å². The molecule has 1 aliphatic heterocycles. The summed E-state index contributed by atoms with van der Waals surface area (Å²) >= 11 is 0. The van der Waals surface area contributed by atoms with Crippen molar-refractivity contribution in [1.82, 2.24) is 10.2 Å². The van der Waals surface area contributed by atoms with E-state index in [9.17, 15) is 0 Å². The molecule has 0 radical (unpaired) electrons. The molecule has 1 rings (SSSR count). The first-order valence-corrected chi connectivity index (χ1v) is 5.13. The first-order chi connectivity index (χ1) is 6.93. The van der Waals surface area contributed by atoms with Crippen LogP contribution in [-0.2, 0) is 9.47 Å². The average Bonchev–Trinajstić information content (AvgIpc) is 2.23. The van der Waals surface area contributed by atoms with Crippen molar-refractivity contribution in [3.8, 4) is 0 Å². The monoisotopic (exact) mass is 204 g/mol. The van der Waals surface area contributed by atoms with Crippen molar-refractivity contribution in [2.45, 2.75) is 6.42 Å². The first-order valence-electron chi connectivity index (χ1n) is 5.13. The van der Waals surface area contributed by atoms with Gasteiger partial charge in [-0.05, 0) is 13.0 Å². The maximum Gasteiger partial charge on any atom is 0.145 e. The highest BCUT2D eigenvalue weighted by Gasteiger charge is 2.05. The Bertz CT molecular complexity index is 125. The fourth-order valence-electron chi connectivity index (χ4n) is 1.40. The molecule has 0 atom stereocenters. The van der Waals surface area contributed by atoms with Crippen LogP contribution in [0.5, 0.6) is 0 Å². The van der Waals surface area contributed by atoms with Gasteiger partial charge in [0.25, 0.3) is 0 Å². The van der Waals surface area contributed by atoms with Gasteiger partial charge in [0, 0.05) is 19.6 Å². The molecule has 0 unspecified atom stereocenters. The highest BCUT2D eigenvalue weighted by Crippen LogP contribution is 1.94. The van der Waals surface area contributed by atoms with Crippen molar-refractivity contribution in [3.05, 3.63) is 0 Å². The molecule has 0 saturated carbocycles. The predicted octanol–water partition coefficient (Wildman–Crippen LogP) is -0.778. The average molecular weight is 204 g/mol. The molecule has 2 N–H and O–H groups in total. The minimum absolute atomic E-state index is 0.213. The van der Waals surface area contributed by atoms with Crippen molar-refractivity contribution in [2.75, 3.05) is 52.9 Å². The summed E-state index contributed by atoms with van der Waals surface area (Å²) in [6, 6.07) is 0. The van der Waals surface area contributed by atoms with Crippen LogP contribution >= 0.6 is 0 Å². The Morgan fingerprint density at radius 3 is 3.07 bits per heavy atom. The van der Waals surface area contributed by atoms with Gasteiger partial charge in [-0.1, -0.05) is 0 Å². The van der Waals surface area contributed by atoms with Gasteiger partial charge < -0.3 is 19.9 Å². The summed E-state index contributed by atoms with van der Waals surface area (Å²) < 4.78 is 10.3. The van der Waals surface area contributed by atoms with Crippen LogP contribution in [0.2, 0.25) is 0 Å². The molecule has 0 aromatic heterocycles. The normalized spacial score (nSPS) is 22.1. The van der Waals surface area contributed by atoms with Crippen molar-refractivity contribution in [1.29, 1.82) is 0 Å². The van der Waals surface area contributed by atoms with E-state index >= 15 is 0 Å². The molecule has 84 valence electrons. The van der Waals surface area contributed by atoms with Gasteiger partial charge in [0.2, 0.25) is 0 Å². The largest absolute Gasteiger partial charge is 0.379 e. The lowest BCUT2D eigenvalue weighted by Gasteiger charge is -2.22. The smallest absolute Gasteiger partial charge is 0.145 e. The number of hydrogen-bond donors (Lipinski definition) is 2. The van der Waals surface area contributed by atoms with Crippen LogP contribution < -0.4 is 5.32 Å². The van der Waals surface area contributed by atoms with E-state index < -0.39 is 0 Å². The highest BCUT2D eigenvalue weighted by atomic mass is 16.6. The van der Waals surface area contributed by atoms with Crippen LogP contribution in [0.3, 0.4) is 0 Å². The Morgan fingerprint density at radius 1 is 1.29 bits per heavy atom. The van der Waals surface area contributed by atoms with Crippen molar-refractivity contribution in [3.63, 3.8) is 0 Å². The maximum absolute atomic E-state index is 8.53. The van der Waals surface area contributed by atoms with Gasteiger partial charge in [-0.15, -0.1) is 0 Å². The fraction of sp³-hybridized carbons (Fsp3) is 1.00. The SMILES string of the molecule is OCOCN1CCCNCCOCC1. The highest BCUT2D eigenvalue weighted by molar-refractivity contribution is 4.57. The summed E-state index contributed by atoms with van der Waals surface area (Å²) in [5.74, 6) is 0. The molecule has 1 fully saturated rings. The van der Waals surface area contributed by atoms with E-state index in [0.29, 0.717) is 6.73 Å². The van der Waals surface area contributed by atoms with Crippen LogP contribution in [0.15, 0.2) is 0 Å². The second-order valence-electron chi connectivity index (χ2n) is 3.30. The lowest BCUT2D eigenvalue weighted by atomic mass is 10.3. The van der Waals surface area contributed by atoms with E-state index in [0.717, 1.165) is 45.8 Å². The third kappa shape index (κ3) is 5.51. The molecule has 0 spiro atoms. The van der Waals surface area contributed by atoms with Crippen molar-refractivity contribution < 1.29 is 14.6 Å². The molecule has 5 nitrogen and oxygen atoms in total. The first kappa shape index (κ1) is 11.9. The molecule has 0 amide bonds. The Labute approximate surface area is 85.0 Å². The summed E-state index contributed by atoms with van der Waals surface area (Å²) in [7, 11) is 0. The van der Waals surface area contributed by atoms with Crippen LogP contribution in [-0.4, -0.2) is 62.9 Å². The van der Waals surface area contributed by atoms with Crippen LogP contribution in [0.25, 0.3) is 0 Å². The molecule has 0 aromatic rings.